The van der Waals surface area contributed by atoms with Gasteiger partial charge in [-0.25, -0.2) is 5.01 Å². The van der Waals surface area contributed by atoms with Gasteiger partial charge in [-0.2, -0.15) is 5.01 Å². The van der Waals surface area contributed by atoms with Gasteiger partial charge in [0.1, 0.15) is 6.54 Å². The third kappa shape index (κ3) is 3.46. The summed E-state index contributed by atoms with van der Waals surface area (Å²) >= 11 is 12.2. The van der Waals surface area contributed by atoms with Gasteiger partial charge in [-0.15, -0.1) is 0 Å². The van der Waals surface area contributed by atoms with Crippen LogP contribution >= 0.6 is 23.2 Å². The SMILES string of the molecule is Cc1ccc(C(=O)CN(C(=O)c2ccc(Cl)c(Cl)c2)N2C(=O)[C@@H]3[C@H]4C=C[C@@H]([C@@H]5C[C@@H]45)[C@H]3C2=O)cc1C. The van der Waals surface area contributed by atoms with E-state index >= 15 is 0 Å². The van der Waals surface area contributed by atoms with Gasteiger partial charge in [-0.3, -0.25) is 19.2 Å². The second-order valence-electron chi connectivity index (χ2n) is 10.4. The van der Waals surface area contributed by atoms with E-state index in [0.29, 0.717) is 17.4 Å². The number of hydrazine groups is 1. The predicted molar refractivity (Wildman–Crippen MR) is 134 cm³/mol. The van der Waals surface area contributed by atoms with Gasteiger partial charge in [-0.1, -0.05) is 47.5 Å². The zero-order chi connectivity index (χ0) is 25.5. The van der Waals surface area contributed by atoms with Crippen molar-refractivity contribution in [1.82, 2.24) is 10.0 Å². The minimum absolute atomic E-state index is 0.00354. The summed E-state index contributed by atoms with van der Waals surface area (Å²) in [5.41, 5.74) is 2.51. The Labute approximate surface area is 218 Å². The Morgan fingerprint density at radius 3 is 2.06 bits per heavy atom. The highest BCUT2D eigenvalue weighted by Gasteiger charge is 2.68. The normalized spacial score (nSPS) is 29.3. The van der Waals surface area contributed by atoms with Crippen molar-refractivity contribution in [2.75, 3.05) is 6.54 Å². The molecule has 2 aromatic rings. The number of ketones is 1. The summed E-state index contributed by atoms with van der Waals surface area (Å²) in [6, 6.07) is 9.62. The molecule has 0 spiro atoms. The summed E-state index contributed by atoms with van der Waals surface area (Å²) in [5.74, 6) is -1.96. The standard InChI is InChI=1S/C28H24Cl2N2O4/c1-13-3-4-15(9-14(13)2)23(33)12-31(26(34)16-5-8-21(29)22(30)10-16)32-27(35)24-17-6-7-18(20-11-19(17)20)25(24)28(32)36/h3-10,17-20,24-25H,11-12H2,1-2H3/t17-,18-,19-,20-,24+,25+/m0/s1. The molecular weight excluding hydrogens is 499 g/mol. The molecule has 0 unspecified atom stereocenters. The van der Waals surface area contributed by atoms with Crippen LogP contribution in [0.25, 0.3) is 0 Å². The number of hydrogen-bond donors (Lipinski definition) is 0. The van der Waals surface area contributed by atoms with Gasteiger partial charge < -0.3 is 0 Å². The van der Waals surface area contributed by atoms with E-state index < -0.39 is 36.1 Å². The zero-order valence-electron chi connectivity index (χ0n) is 19.8. The number of rotatable bonds is 5. The number of carbonyl (C=O) groups excluding carboxylic acids is 4. The molecule has 184 valence electrons. The molecule has 2 saturated carbocycles. The summed E-state index contributed by atoms with van der Waals surface area (Å²) in [4.78, 5) is 54.6. The fourth-order valence-corrected chi connectivity index (χ4v) is 6.63. The molecule has 2 aromatic carbocycles. The number of halogens is 2. The largest absolute Gasteiger partial charge is 0.292 e. The van der Waals surface area contributed by atoms with Crippen LogP contribution in [-0.2, 0) is 9.59 Å². The molecule has 1 heterocycles. The van der Waals surface area contributed by atoms with Crippen molar-refractivity contribution in [3.05, 3.63) is 80.8 Å². The Morgan fingerprint density at radius 1 is 0.861 bits per heavy atom. The molecule has 7 rings (SSSR count). The topological polar surface area (TPSA) is 74.8 Å². The molecule has 1 saturated heterocycles. The summed E-state index contributed by atoms with van der Waals surface area (Å²) < 4.78 is 0. The lowest BCUT2D eigenvalue weighted by Crippen LogP contribution is -2.52. The molecule has 0 aromatic heterocycles. The van der Waals surface area contributed by atoms with Gasteiger partial charge in [-0.05, 0) is 79.3 Å². The van der Waals surface area contributed by atoms with Gasteiger partial charge >= 0.3 is 0 Å². The molecule has 5 aliphatic rings. The lowest BCUT2D eigenvalue weighted by molar-refractivity contribution is -0.154. The van der Waals surface area contributed by atoms with Crippen molar-refractivity contribution < 1.29 is 19.2 Å². The Morgan fingerprint density at radius 2 is 1.47 bits per heavy atom. The first-order valence-corrected chi connectivity index (χ1v) is 12.9. The molecule has 4 aliphatic carbocycles. The molecule has 0 radical (unpaired) electrons. The van der Waals surface area contributed by atoms with Crippen LogP contribution in [0.4, 0.5) is 0 Å². The number of Topliss-reactive ketones (excluding diaryl/α,β-unsaturated/α-hetero) is 1. The minimum atomic E-state index is -0.656. The molecule has 8 heteroatoms. The molecular formula is C28H24Cl2N2O4. The average Bonchev–Trinajstić information content (AvgIpc) is 3.64. The zero-order valence-corrected chi connectivity index (χ0v) is 21.3. The molecule has 1 aliphatic heterocycles. The summed E-state index contributed by atoms with van der Waals surface area (Å²) in [5, 5.41) is 2.38. The number of benzene rings is 2. The number of carbonyl (C=O) groups is 4. The van der Waals surface area contributed by atoms with Gasteiger partial charge in [0, 0.05) is 11.1 Å². The second kappa shape index (κ2) is 8.29. The van der Waals surface area contributed by atoms with E-state index in [-0.39, 0.29) is 33.2 Å². The highest BCUT2D eigenvalue weighted by atomic mass is 35.5. The monoisotopic (exact) mass is 522 g/mol. The van der Waals surface area contributed by atoms with Crippen LogP contribution < -0.4 is 0 Å². The summed E-state index contributed by atoms with van der Waals surface area (Å²) in [7, 11) is 0. The third-order valence-electron chi connectivity index (χ3n) is 8.40. The number of allylic oxidation sites excluding steroid dienone is 2. The van der Waals surface area contributed by atoms with E-state index in [1.54, 1.807) is 12.1 Å². The van der Waals surface area contributed by atoms with E-state index in [1.807, 2.05) is 19.9 Å². The minimum Gasteiger partial charge on any atom is -0.292 e. The Hall–Kier alpha value is -2.96. The fourth-order valence-electron chi connectivity index (χ4n) is 6.33. The number of aryl methyl sites for hydroxylation is 2. The van der Waals surface area contributed by atoms with E-state index in [0.717, 1.165) is 27.6 Å². The van der Waals surface area contributed by atoms with E-state index in [1.165, 1.54) is 18.2 Å². The van der Waals surface area contributed by atoms with Crippen molar-refractivity contribution in [3.63, 3.8) is 0 Å². The first-order valence-electron chi connectivity index (χ1n) is 12.1. The van der Waals surface area contributed by atoms with Crippen molar-refractivity contribution in [3.8, 4) is 0 Å². The van der Waals surface area contributed by atoms with Gasteiger partial charge in [0.25, 0.3) is 17.7 Å². The van der Waals surface area contributed by atoms with Crippen LogP contribution in [0.5, 0.6) is 0 Å². The highest BCUT2D eigenvalue weighted by Crippen LogP contribution is 2.65. The van der Waals surface area contributed by atoms with Crippen LogP contribution in [-0.4, -0.2) is 40.1 Å². The van der Waals surface area contributed by atoms with Gasteiger partial charge in [0.2, 0.25) is 0 Å². The second-order valence-corrected chi connectivity index (χ2v) is 11.2. The van der Waals surface area contributed by atoms with Crippen LogP contribution in [0.15, 0.2) is 48.6 Å². The number of nitrogens with zero attached hydrogens (tertiary/aromatic N) is 2. The molecule has 36 heavy (non-hydrogen) atoms. The maximum Gasteiger partial charge on any atom is 0.273 e. The third-order valence-corrected chi connectivity index (χ3v) is 9.14. The quantitative estimate of drug-likeness (QED) is 0.318. The van der Waals surface area contributed by atoms with Crippen molar-refractivity contribution >= 4 is 46.7 Å². The molecule has 3 fully saturated rings. The number of amides is 3. The lowest BCUT2D eigenvalue weighted by Gasteiger charge is -2.37. The average molecular weight is 523 g/mol. The molecule has 3 amide bonds. The molecule has 2 bridgehead atoms. The van der Waals surface area contributed by atoms with E-state index in [4.69, 9.17) is 23.2 Å². The van der Waals surface area contributed by atoms with Crippen LogP contribution in [0, 0.1) is 49.4 Å². The Bertz CT molecular complexity index is 1350. The summed E-state index contributed by atoms with van der Waals surface area (Å²) in [6.45, 7) is 3.39. The van der Waals surface area contributed by atoms with Gasteiger partial charge in [0.05, 0.1) is 21.9 Å². The van der Waals surface area contributed by atoms with Crippen molar-refractivity contribution in [1.29, 1.82) is 0 Å². The number of imide groups is 1. The fraction of sp³-hybridized carbons (Fsp3) is 0.357. The molecule has 6 atom stereocenters. The first-order chi connectivity index (χ1) is 17.2. The highest BCUT2D eigenvalue weighted by molar-refractivity contribution is 6.42. The maximum atomic E-state index is 13.7. The maximum absolute atomic E-state index is 13.7. The predicted octanol–water partition coefficient (Wildman–Crippen LogP) is 4.90. The first kappa shape index (κ1) is 23.4. The smallest absolute Gasteiger partial charge is 0.273 e. The van der Waals surface area contributed by atoms with Crippen molar-refractivity contribution in [2.24, 2.45) is 35.5 Å². The van der Waals surface area contributed by atoms with Crippen LogP contribution in [0.3, 0.4) is 0 Å². The van der Waals surface area contributed by atoms with Crippen LogP contribution in [0.2, 0.25) is 10.0 Å². The van der Waals surface area contributed by atoms with Crippen molar-refractivity contribution in [2.45, 2.75) is 20.3 Å². The van der Waals surface area contributed by atoms with Crippen LogP contribution in [0.1, 0.15) is 38.3 Å². The number of hydrogen-bond acceptors (Lipinski definition) is 4. The summed E-state index contributed by atoms with van der Waals surface area (Å²) in [6.07, 6.45) is 5.17. The Kier molecular flexibility index (Phi) is 5.39. The van der Waals surface area contributed by atoms with E-state index in [9.17, 15) is 19.2 Å². The molecule has 0 N–H and O–H groups in total. The van der Waals surface area contributed by atoms with E-state index in [2.05, 4.69) is 12.2 Å². The molecule has 6 nitrogen and oxygen atoms in total. The lowest BCUT2D eigenvalue weighted by atomic mass is 9.63. The van der Waals surface area contributed by atoms with Gasteiger partial charge in [0.15, 0.2) is 5.78 Å². The Balaban J connectivity index is 1.38.